The molecular weight excluding hydrogens is 354 g/mol. The van der Waals surface area contributed by atoms with Crippen LogP contribution < -0.4 is 4.90 Å². The Morgan fingerprint density at radius 2 is 1.39 bits per heavy atom. The summed E-state index contributed by atoms with van der Waals surface area (Å²) < 4.78 is 18.1. The molecule has 2 N–H and O–H groups in total. The molecule has 4 fully saturated rings. The molecule has 0 radical (unpaired) electrons. The number of hydrogen-bond donors (Lipinski definition) is 2. The lowest BCUT2D eigenvalue weighted by molar-refractivity contribution is -0.947. The van der Waals surface area contributed by atoms with Gasteiger partial charge in [0.15, 0.2) is 0 Å². The van der Waals surface area contributed by atoms with E-state index in [1.165, 1.54) is 38.8 Å². The standard InChI is InChI=1S/C23H41NO4/c1-4-26-21-13-18-15(10-20(21)25)7-8-24-14-17-12-23(28-6-3)22(27-5-2)11-16(17)9-19(18)24/h15-23,25H,4-14H2,1-3H3/p+1. The number of piperidine rings is 2. The quantitative estimate of drug-likeness (QED) is 0.717. The zero-order valence-corrected chi connectivity index (χ0v) is 18.1. The lowest BCUT2D eigenvalue weighted by Gasteiger charge is -2.54. The van der Waals surface area contributed by atoms with Crippen molar-refractivity contribution < 1.29 is 24.2 Å². The van der Waals surface area contributed by atoms with E-state index in [0.29, 0.717) is 12.5 Å². The molecule has 0 amide bonds. The fourth-order valence-electron chi connectivity index (χ4n) is 7.19. The summed E-state index contributed by atoms with van der Waals surface area (Å²) in [6.45, 7) is 11.1. The summed E-state index contributed by atoms with van der Waals surface area (Å²) in [7, 11) is 0. The van der Waals surface area contributed by atoms with E-state index >= 15 is 0 Å². The number of rotatable bonds is 6. The summed E-state index contributed by atoms with van der Waals surface area (Å²) in [5, 5.41) is 10.5. The normalized spacial score (nSPS) is 48.4. The SMILES string of the molecule is CCOC1CC2C(CC[NH+]3CC4CC(OCC)C(OCC)CC4CC23)CC1O. The number of quaternary nitrogens is 1. The highest BCUT2D eigenvalue weighted by Gasteiger charge is 2.53. The molecule has 28 heavy (non-hydrogen) atoms. The van der Waals surface area contributed by atoms with Crippen molar-refractivity contribution in [2.24, 2.45) is 23.7 Å². The van der Waals surface area contributed by atoms with Crippen molar-refractivity contribution in [3.8, 4) is 0 Å². The van der Waals surface area contributed by atoms with Crippen LogP contribution in [-0.2, 0) is 14.2 Å². The molecule has 10 atom stereocenters. The molecule has 2 aliphatic carbocycles. The Labute approximate surface area is 171 Å². The lowest BCUT2D eigenvalue weighted by atomic mass is 9.62. The first kappa shape index (κ1) is 21.0. The van der Waals surface area contributed by atoms with Crippen molar-refractivity contribution >= 4 is 0 Å². The lowest BCUT2D eigenvalue weighted by Crippen LogP contribution is -3.19. The van der Waals surface area contributed by atoms with E-state index in [1.807, 2.05) is 11.8 Å². The van der Waals surface area contributed by atoms with E-state index < -0.39 is 0 Å². The van der Waals surface area contributed by atoms with Crippen LogP contribution in [0.5, 0.6) is 0 Å². The minimum atomic E-state index is -0.261. The first-order valence-corrected chi connectivity index (χ1v) is 12.0. The van der Waals surface area contributed by atoms with Gasteiger partial charge in [-0.1, -0.05) is 0 Å². The summed E-state index contributed by atoms with van der Waals surface area (Å²) in [4.78, 5) is 1.83. The maximum atomic E-state index is 10.5. The average molecular weight is 397 g/mol. The van der Waals surface area contributed by atoms with Crippen LogP contribution in [0.1, 0.15) is 59.3 Å². The second-order valence-electron chi connectivity index (χ2n) is 9.68. The molecule has 162 valence electrons. The molecule has 0 bridgehead atoms. The summed E-state index contributed by atoms with van der Waals surface area (Å²) in [6, 6.07) is 0.751. The van der Waals surface area contributed by atoms with Crippen molar-refractivity contribution in [2.45, 2.75) is 89.8 Å². The molecule has 0 aromatic heterocycles. The molecule has 2 saturated carbocycles. The Hall–Kier alpha value is -0.200. The minimum absolute atomic E-state index is 0.0492. The maximum absolute atomic E-state index is 10.5. The highest BCUT2D eigenvalue weighted by atomic mass is 16.5. The summed E-state index contributed by atoms with van der Waals surface area (Å²) in [6.07, 6.45) is 7.30. The Kier molecular flexibility index (Phi) is 6.99. The van der Waals surface area contributed by atoms with Crippen LogP contribution in [0, 0.1) is 23.7 Å². The summed E-state index contributed by atoms with van der Waals surface area (Å²) in [5.41, 5.74) is 0. The zero-order chi connectivity index (χ0) is 19.7. The molecule has 5 nitrogen and oxygen atoms in total. The monoisotopic (exact) mass is 396 g/mol. The number of nitrogens with one attached hydrogen (secondary N) is 1. The van der Waals surface area contributed by atoms with Gasteiger partial charge in [0, 0.05) is 38.1 Å². The van der Waals surface area contributed by atoms with Gasteiger partial charge in [0.2, 0.25) is 0 Å². The third-order valence-electron chi connectivity index (χ3n) is 8.34. The van der Waals surface area contributed by atoms with E-state index in [2.05, 4.69) is 13.8 Å². The van der Waals surface area contributed by atoms with Gasteiger partial charge in [-0.25, -0.2) is 0 Å². The number of aliphatic hydroxyl groups is 1. The van der Waals surface area contributed by atoms with E-state index in [-0.39, 0.29) is 24.4 Å². The topological polar surface area (TPSA) is 52.4 Å². The fraction of sp³-hybridized carbons (Fsp3) is 1.00. The highest BCUT2D eigenvalue weighted by molar-refractivity contribution is 4.97. The van der Waals surface area contributed by atoms with Gasteiger partial charge in [-0.2, -0.15) is 0 Å². The molecule has 4 aliphatic rings. The van der Waals surface area contributed by atoms with E-state index in [4.69, 9.17) is 14.2 Å². The largest absolute Gasteiger partial charge is 0.390 e. The molecule has 0 spiro atoms. The predicted octanol–water partition coefficient (Wildman–Crippen LogP) is 1.68. The van der Waals surface area contributed by atoms with Crippen LogP contribution in [-0.4, -0.2) is 68.5 Å². The predicted molar refractivity (Wildman–Crippen MR) is 108 cm³/mol. The smallest absolute Gasteiger partial charge is 0.0909 e. The van der Waals surface area contributed by atoms with E-state index in [0.717, 1.165) is 49.9 Å². The van der Waals surface area contributed by atoms with Gasteiger partial charge in [-0.15, -0.1) is 0 Å². The van der Waals surface area contributed by atoms with Crippen LogP contribution in [0.2, 0.25) is 0 Å². The number of hydrogen-bond acceptors (Lipinski definition) is 4. The summed E-state index contributed by atoms with van der Waals surface area (Å²) in [5.74, 6) is 2.98. The number of ether oxygens (including phenoxy) is 3. The molecule has 5 heteroatoms. The molecule has 2 saturated heterocycles. The zero-order valence-electron chi connectivity index (χ0n) is 18.1. The van der Waals surface area contributed by atoms with Gasteiger partial charge in [-0.3, -0.25) is 0 Å². The number of fused-ring (bicyclic) bond motifs is 4. The highest BCUT2D eigenvalue weighted by Crippen LogP contribution is 2.44. The maximum Gasteiger partial charge on any atom is 0.0909 e. The molecule has 2 aliphatic heterocycles. The molecule has 0 aromatic carbocycles. The van der Waals surface area contributed by atoms with Crippen molar-refractivity contribution in [1.82, 2.24) is 0 Å². The van der Waals surface area contributed by atoms with Crippen LogP contribution in [0.3, 0.4) is 0 Å². The first-order chi connectivity index (χ1) is 13.6. The number of aliphatic hydroxyl groups excluding tert-OH is 1. The van der Waals surface area contributed by atoms with Crippen LogP contribution in [0.25, 0.3) is 0 Å². The van der Waals surface area contributed by atoms with Gasteiger partial charge in [-0.05, 0) is 64.7 Å². The third kappa shape index (κ3) is 4.15. The molecule has 4 rings (SSSR count). The van der Waals surface area contributed by atoms with Crippen LogP contribution in [0.15, 0.2) is 0 Å². The average Bonchev–Trinajstić information content (AvgIpc) is 2.68. The van der Waals surface area contributed by atoms with Gasteiger partial charge in [0.05, 0.1) is 43.5 Å². The van der Waals surface area contributed by atoms with Crippen LogP contribution >= 0.6 is 0 Å². The van der Waals surface area contributed by atoms with Crippen molar-refractivity contribution in [2.75, 3.05) is 32.9 Å². The molecule has 0 aromatic rings. The van der Waals surface area contributed by atoms with Crippen LogP contribution in [0.4, 0.5) is 0 Å². The third-order valence-corrected chi connectivity index (χ3v) is 8.34. The Bertz CT molecular complexity index is 503. The second-order valence-corrected chi connectivity index (χ2v) is 9.68. The molecule has 10 unspecified atom stereocenters. The van der Waals surface area contributed by atoms with Crippen molar-refractivity contribution in [3.05, 3.63) is 0 Å². The van der Waals surface area contributed by atoms with Gasteiger partial charge < -0.3 is 24.2 Å². The molecule has 2 heterocycles. The van der Waals surface area contributed by atoms with Gasteiger partial charge in [0.1, 0.15) is 0 Å². The Balaban J connectivity index is 1.45. The molecular formula is C23H42NO4+. The second kappa shape index (κ2) is 9.30. The van der Waals surface area contributed by atoms with E-state index in [9.17, 15) is 5.11 Å². The fourth-order valence-corrected chi connectivity index (χ4v) is 7.19. The van der Waals surface area contributed by atoms with E-state index in [1.54, 1.807) is 0 Å². The van der Waals surface area contributed by atoms with Gasteiger partial charge >= 0.3 is 0 Å². The summed E-state index contributed by atoms with van der Waals surface area (Å²) >= 11 is 0. The first-order valence-electron chi connectivity index (χ1n) is 12.0. The van der Waals surface area contributed by atoms with Gasteiger partial charge in [0.25, 0.3) is 0 Å². The van der Waals surface area contributed by atoms with Crippen molar-refractivity contribution in [1.29, 1.82) is 0 Å². The Morgan fingerprint density at radius 3 is 2.07 bits per heavy atom. The minimum Gasteiger partial charge on any atom is -0.390 e. The van der Waals surface area contributed by atoms with Crippen molar-refractivity contribution in [3.63, 3.8) is 0 Å². The Morgan fingerprint density at radius 1 is 0.750 bits per heavy atom.